The summed E-state index contributed by atoms with van der Waals surface area (Å²) in [4.78, 5) is 14.0. The van der Waals surface area contributed by atoms with Gasteiger partial charge in [-0.2, -0.15) is 5.10 Å². The number of halogens is 1. The van der Waals surface area contributed by atoms with Crippen LogP contribution in [-0.2, 0) is 6.54 Å². The third-order valence-corrected chi connectivity index (χ3v) is 8.51. The van der Waals surface area contributed by atoms with E-state index < -0.39 is 0 Å². The molecule has 0 radical (unpaired) electrons. The number of nitrogens with two attached hydrogens (primary N) is 1. The van der Waals surface area contributed by atoms with E-state index >= 15 is 0 Å². The van der Waals surface area contributed by atoms with Gasteiger partial charge in [0.1, 0.15) is 29.4 Å². The van der Waals surface area contributed by atoms with Crippen LogP contribution in [0.5, 0.6) is 5.75 Å². The van der Waals surface area contributed by atoms with Crippen LogP contribution < -0.4 is 15.8 Å². The van der Waals surface area contributed by atoms with Crippen LogP contribution in [0.4, 0.5) is 15.9 Å². The number of nitrogens with one attached hydrogen (secondary N) is 1. The molecule has 2 aromatic heterocycles. The number of hydrogen-bond donors (Lipinski definition) is 2. The minimum Gasteiger partial charge on any atom is -0.496 e. The van der Waals surface area contributed by atoms with Gasteiger partial charge in [0.25, 0.3) is 0 Å². The zero-order valence-electron chi connectivity index (χ0n) is 23.2. The molecule has 1 saturated heterocycles. The lowest BCUT2D eigenvalue weighted by molar-refractivity contribution is 0.0815. The highest BCUT2D eigenvalue weighted by molar-refractivity contribution is 5.98. The molecule has 9 nitrogen and oxygen atoms in total. The number of nitrogen functional groups attached to an aromatic ring is 1. The fourth-order valence-corrected chi connectivity index (χ4v) is 6.15. The number of methoxy groups -OCH3 is 1. The van der Waals surface area contributed by atoms with Gasteiger partial charge >= 0.3 is 0 Å². The minimum absolute atomic E-state index is 0.283. The molecule has 40 heavy (non-hydrogen) atoms. The van der Waals surface area contributed by atoms with Crippen LogP contribution in [-0.4, -0.2) is 75.9 Å². The van der Waals surface area contributed by atoms with Crippen LogP contribution in [0, 0.1) is 5.82 Å². The van der Waals surface area contributed by atoms with Crippen LogP contribution in [0.25, 0.3) is 22.3 Å². The van der Waals surface area contributed by atoms with Crippen LogP contribution in [0.2, 0.25) is 0 Å². The van der Waals surface area contributed by atoms with Crippen molar-refractivity contribution in [2.75, 3.05) is 51.4 Å². The first-order valence-electron chi connectivity index (χ1n) is 14.1. The van der Waals surface area contributed by atoms with Crippen LogP contribution in [0.3, 0.4) is 0 Å². The molecule has 6 rings (SSSR count). The Morgan fingerprint density at radius 2 is 1.70 bits per heavy atom. The molecular weight excluding hydrogens is 507 g/mol. The Bertz CT molecular complexity index is 1460. The Morgan fingerprint density at radius 3 is 2.42 bits per heavy atom. The van der Waals surface area contributed by atoms with E-state index in [1.807, 2.05) is 24.3 Å². The van der Waals surface area contributed by atoms with E-state index in [4.69, 9.17) is 15.6 Å². The summed E-state index contributed by atoms with van der Waals surface area (Å²) in [5.41, 5.74) is 10.2. The number of anilines is 2. The van der Waals surface area contributed by atoms with Gasteiger partial charge in [0.15, 0.2) is 5.65 Å². The van der Waals surface area contributed by atoms with Crippen molar-refractivity contribution in [3.63, 3.8) is 0 Å². The molecule has 1 aliphatic heterocycles. The van der Waals surface area contributed by atoms with E-state index in [1.165, 1.54) is 25.2 Å². The van der Waals surface area contributed by atoms with Crippen molar-refractivity contribution in [1.82, 2.24) is 29.5 Å². The lowest BCUT2D eigenvalue weighted by atomic mass is 9.90. The van der Waals surface area contributed by atoms with Gasteiger partial charge in [-0.15, -0.1) is 0 Å². The summed E-state index contributed by atoms with van der Waals surface area (Å²) in [6.07, 6.45) is 6.00. The lowest BCUT2D eigenvalue weighted by Gasteiger charge is -2.41. The van der Waals surface area contributed by atoms with Crippen LogP contribution in [0.1, 0.15) is 37.3 Å². The van der Waals surface area contributed by atoms with Crippen LogP contribution >= 0.6 is 0 Å². The summed E-state index contributed by atoms with van der Waals surface area (Å²) in [6.45, 7) is 4.92. The molecule has 0 bridgehead atoms. The Labute approximate surface area is 234 Å². The Balaban J connectivity index is 1.20. The highest BCUT2D eigenvalue weighted by atomic mass is 19.1. The van der Waals surface area contributed by atoms with E-state index in [0.29, 0.717) is 29.7 Å². The molecule has 4 aromatic rings. The SMILES string of the molecule is COc1cccc(F)c1CNc1ccc(-c2nn(C3CCC(N4CCN(C)CC4)CC3)c3ncnc(N)c23)cc1. The smallest absolute Gasteiger partial charge is 0.164 e. The van der Waals surface area contributed by atoms with Crippen molar-refractivity contribution >= 4 is 22.5 Å². The van der Waals surface area contributed by atoms with E-state index in [2.05, 4.69) is 36.8 Å². The highest BCUT2D eigenvalue weighted by Crippen LogP contribution is 2.37. The van der Waals surface area contributed by atoms with Gasteiger partial charge < -0.3 is 20.7 Å². The largest absolute Gasteiger partial charge is 0.496 e. The monoisotopic (exact) mass is 544 g/mol. The third-order valence-electron chi connectivity index (χ3n) is 8.51. The summed E-state index contributed by atoms with van der Waals surface area (Å²) >= 11 is 0. The average Bonchev–Trinajstić information content (AvgIpc) is 3.38. The Kier molecular flexibility index (Phi) is 7.53. The van der Waals surface area contributed by atoms with Gasteiger partial charge in [0, 0.05) is 55.6 Å². The van der Waals surface area contributed by atoms with E-state index in [9.17, 15) is 4.39 Å². The van der Waals surface area contributed by atoms with Crippen molar-refractivity contribution in [3.8, 4) is 17.0 Å². The van der Waals surface area contributed by atoms with Gasteiger partial charge in [0.2, 0.25) is 0 Å². The lowest BCUT2D eigenvalue weighted by Crippen LogP contribution is -2.49. The standard InChI is InChI=1S/C30H37FN8O/c1-37-14-16-38(17-15-37)22-10-12-23(13-11-22)39-30-27(29(32)34-19-35-30)28(36-39)20-6-8-21(9-7-20)33-18-24-25(31)4-3-5-26(24)40-2/h3-9,19,22-23,33H,10-18H2,1-2H3,(H2,32,34,35). The fourth-order valence-electron chi connectivity index (χ4n) is 6.15. The molecule has 0 amide bonds. The number of hydrogen-bond acceptors (Lipinski definition) is 8. The van der Waals surface area contributed by atoms with Gasteiger partial charge in [-0.05, 0) is 57.0 Å². The molecule has 10 heteroatoms. The molecular formula is C30H37FN8O. The zero-order chi connectivity index (χ0) is 27.6. The average molecular weight is 545 g/mol. The summed E-state index contributed by atoms with van der Waals surface area (Å²) in [6, 6.07) is 13.7. The number of fused-ring (bicyclic) bond motifs is 1. The number of piperazine rings is 1. The van der Waals surface area contributed by atoms with Crippen molar-refractivity contribution in [2.45, 2.75) is 44.3 Å². The molecule has 210 valence electrons. The molecule has 2 aromatic carbocycles. The number of nitrogens with zero attached hydrogens (tertiary/aromatic N) is 6. The summed E-state index contributed by atoms with van der Waals surface area (Å²) in [5, 5.41) is 9.16. The maximum Gasteiger partial charge on any atom is 0.164 e. The Hall–Kier alpha value is -3.76. The molecule has 1 saturated carbocycles. The van der Waals surface area contributed by atoms with Gasteiger partial charge in [-0.3, -0.25) is 4.90 Å². The maximum atomic E-state index is 14.3. The topological polar surface area (TPSA) is 97.4 Å². The van der Waals surface area contributed by atoms with Crippen molar-refractivity contribution in [3.05, 3.63) is 60.2 Å². The highest BCUT2D eigenvalue weighted by Gasteiger charge is 2.30. The van der Waals surface area contributed by atoms with Gasteiger partial charge in [-0.1, -0.05) is 18.2 Å². The first kappa shape index (κ1) is 26.5. The second-order valence-corrected chi connectivity index (χ2v) is 10.9. The summed E-state index contributed by atoms with van der Waals surface area (Å²) < 4.78 is 21.7. The number of rotatable bonds is 7. The van der Waals surface area contributed by atoms with E-state index in [-0.39, 0.29) is 11.9 Å². The number of aromatic nitrogens is 4. The second kappa shape index (κ2) is 11.4. The molecule has 3 heterocycles. The van der Waals surface area contributed by atoms with E-state index in [0.717, 1.165) is 67.0 Å². The van der Waals surface area contributed by atoms with Gasteiger partial charge in [-0.25, -0.2) is 19.0 Å². The van der Waals surface area contributed by atoms with E-state index in [1.54, 1.807) is 19.2 Å². The molecule has 1 aliphatic carbocycles. The molecule has 0 atom stereocenters. The fraction of sp³-hybridized carbons (Fsp3) is 0.433. The maximum absolute atomic E-state index is 14.3. The number of ether oxygens (including phenoxy) is 1. The van der Waals surface area contributed by atoms with Crippen LogP contribution in [0.15, 0.2) is 48.8 Å². The predicted molar refractivity (Wildman–Crippen MR) is 156 cm³/mol. The first-order valence-corrected chi connectivity index (χ1v) is 14.1. The molecule has 0 spiro atoms. The molecule has 0 unspecified atom stereocenters. The van der Waals surface area contributed by atoms with Crippen molar-refractivity contribution in [2.24, 2.45) is 0 Å². The minimum atomic E-state index is -0.298. The van der Waals surface area contributed by atoms with Crippen molar-refractivity contribution < 1.29 is 9.13 Å². The Morgan fingerprint density at radius 1 is 0.975 bits per heavy atom. The number of likely N-dealkylation sites (N-methyl/N-ethyl adjacent to an activating group) is 1. The number of benzene rings is 2. The van der Waals surface area contributed by atoms with Gasteiger partial charge in [0.05, 0.1) is 18.5 Å². The summed E-state index contributed by atoms with van der Waals surface area (Å²) in [5.74, 6) is 0.661. The second-order valence-electron chi connectivity index (χ2n) is 10.9. The normalized spacial score (nSPS) is 20.6. The quantitative estimate of drug-likeness (QED) is 0.349. The molecule has 2 aliphatic rings. The predicted octanol–water partition coefficient (Wildman–Crippen LogP) is 4.57. The summed E-state index contributed by atoms with van der Waals surface area (Å²) in [7, 11) is 3.75. The molecule has 3 N–H and O–H groups in total. The zero-order valence-corrected chi connectivity index (χ0v) is 23.2. The first-order chi connectivity index (χ1) is 19.5. The molecule has 2 fully saturated rings. The van der Waals surface area contributed by atoms with Crippen molar-refractivity contribution in [1.29, 1.82) is 0 Å². The third kappa shape index (κ3) is 5.21.